The molecule has 1 unspecified atom stereocenters. The highest BCUT2D eigenvalue weighted by atomic mass is 79.9. The van der Waals surface area contributed by atoms with Gasteiger partial charge in [0.1, 0.15) is 4.34 Å². The van der Waals surface area contributed by atoms with Crippen LogP contribution in [-0.4, -0.2) is 0 Å². The van der Waals surface area contributed by atoms with Gasteiger partial charge in [-0.15, -0.1) is 11.3 Å². The van der Waals surface area contributed by atoms with Crippen LogP contribution in [0.1, 0.15) is 22.0 Å². The van der Waals surface area contributed by atoms with Crippen LogP contribution in [-0.2, 0) is 0 Å². The Bertz CT molecular complexity index is 458. The van der Waals surface area contributed by atoms with E-state index in [0.717, 1.165) is 13.7 Å². The molecule has 1 atom stereocenters. The molecule has 1 nitrogen and oxygen atoms in total. The minimum atomic E-state index is -0.0648. The molecule has 2 N–H and O–H groups in total. The van der Waals surface area contributed by atoms with E-state index in [0.29, 0.717) is 0 Å². The highest BCUT2D eigenvalue weighted by Crippen LogP contribution is 2.37. The fraction of sp³-hybridized carbons (Fsp3) is 0.200. The van der Waals surface area contributed by atoms with Crippen LogP contribution in [0.2, 0.25) is 4.34 Å². The Balaban J connectivity index is 2.36. The number of hydrogen-bond donors (Lipinski definition) is 1. The maximum Gasteiger partial charge on any atom is 0.107 e. The second-order valence-electron chi connectivity index (χ2n) is 3.26. The van der Waals surface area contributed by atoms with Crippen molar-refractivity contribution >= 4 is 50.2 Å². The SMILES string of the molecule is Cc1cscc1C(N)c1cc(Br)c(Cl)s1. The van der Waals surface area contributed by atoms with Crippen molar-refractivity contribution in [2.75, 3.05) is 0 Å². The summed E-state index contributed by atoms with van der Waals surface area (Å²) in [6.07, 6.45) is 0. The minimum Gasteiger partial charge on any atom is -0.320 e. The van der Waals surface area contributed by atoms with E-state index < -0.39 is 0 Å². The summed E-state index contributed by atoms with van der Waals surface area (Å²) in [4.78, 5) is 1.09. The van der Waals surface area contributed by atoms with Crippen molar-refractivity contribution in [2.24, 2.45) is 5.73 Å². The van der Waals surface area contributed by atoms with Gasteiger partial charge in [-0.3, -0.25) is 0 Å². The van der Waals surface area contributed by atoms with Gasteiger partial charge in [-0.25, -0.2) is 0 Å². The Morgan fingerprint density at radius 2 is 2.20 bits per heavy atom. The van der Waals surface area contributed by atoms with Gasteiger partial charge in [-0.2, -0.15) is 11.3 Å². The number of aryl methyl sites for hydroxylation is 1. The van der Waals surface area contributed by atoms with Crippen LogP contribution >= 0.6 is 50.2 Å². The van der Waals surface area contributed by atoms with Crippen molar-refractivity contribution in [1.82, 2.24) is 0 Å². The van der Waals surface area contributed by atoms with E-state index in [9.17, 15) is 0 Å². The number of hydrogen-bond acceptors (Lipinski definition) is 3. The lowest BCUT2D eigenvalue weighted by Gasteiger charge is -2.08. The monoisotopic (exact) mass is 321 g/mol. The molecule has 2 aromatic rings. The van der Waals surface area contributed by atoms with Gasteiger partial charge in [0, 0.05) is 9.35 Å². The predicted octanol–water partition coefficient (Wildman–Crippen LogP) is 4.58. The van der Waals surface area contributed by atoms with Crippen molar-refractivity contribution in [2.45, 2.75) is 13.0 Å². The Hall–Kier alpha value is 0.130. The van der Waals surface area contributed by atoms with Crippen molar-refractivity contribution < 1.29 is 0 Å². The maximum atomic E-state index is 6.18. The minimum absolute atomic E-state index is 0.0648. The molecule has 0 bridgehead atoms. The average Bonchev–Trinajstić information content (AvgIpc) is 2.74. The number of nitrogens with two attached hydrogens (primary N) is 1. The van der Waals surface area contributed by atoms with Gasteiger partial charge in [-0.05, 0) is 50.8 Å². The Kier molecular flexibility index (Phi) is 3.52. The molecule has 0 aliphatic heterocycles. The quantitative estimate of drug-likeness (QED) is 0.860. The fourth-order valence-corrected chi connectivity index (χ4v) is 4.00. The summed E-state index contributed by atoms with van der Waals surface area (Å²) in [5.41, 5.74) is 8.61. The summed E-state index contributed by atoms with van der Waals surface area (Å²) >= 11 is 12.6. The predicted molar refractivity (Wildman–Crippen MR) is 72.1 cm³/mol. The van der Waals surface area contributed by atoms with Gasteiger partial charge in [0.15, 0.2) is 0 Å². The fourth-order valence-electron chi connectivity index (χ4n) is 1.36. The highest BCUT2D eigenvalue weighted by molar-refractivity contribution is 9.10. The van der Waals surface area contributed by atoms with Crippen LogP contribution in [0, 0.1) is 6.92 Å². The molecule has 0 spiro atoms. The molecule has 0 aliphatic rings. The summed E-state index contributed by atoms with van der Waals surface area (Å²) in [5, 5.41) is 4.21. The zero-order valence-electron chi connectivity index (χ0n) is 7.96. The maximum absolute atomic E-state index is 6.18. The summed E-state index contributed by atoms with van der Waals surface area (Å²) in [6.45, 7) is 2.08. The highest BCUT2D eigenvalue weighted by Gasteiger charge is 2.16. The summed E-state index contributed by atoms with van der Waals surface area (Å²) in [6, 6.07) is 1.93. The second-order valence-corrected chi connectivity index (χ2v) is 6.54. The largest absolute Gasteiger partial charge is 0.320 e. The Morgan fingerprint density at radius 1 is 1.47 bits per heavy atom. The standard InChI is InChI=1S/C10H9BrClNS2/c1-5-3-14-4-6(5)9(13)8-2-7(11)10(12)15-8/h2-4,9H,13H2,1H3. The van der Waals surface area contributed by atoms with Gasteiger partial charge in [-0.1, -0.05) is 11.6 Å². The first-order chi connectivity index (χ1) is 7.09. The molecule has 2 heterocycles. The molecule has 2 rings (SSSR count). The molecule has 0 radical (unpaired) electrons. The third-order valence-corrected chi connectivity index (χ3v) is 5.64. The van der Waals surface area contributed by atoms with E-state index in [1.807, 2.05) is 6.07 Å². The summed E-state index contributed by atoms with van der Waals surface area (Å²) in [7, 11) is 0. The van der Waals surface area contributed by atoms with Gasteiger partial charge < -0.3 is 5.73 Å². The van der Waals surface area contributed by atoms with Crippen molar-refractivity contribution in [3.63, 3.8) is 0 Å². The van der Waals surface area contributed by atoms with Crippen molar-refractivity contribution in [3.8, 4) is 0 Å². The van der Waals surface area contributed by atoms with Crippen molar-refractivity contribution in [1.29, 1.82) is 0 Å². The van der Waals surface area contributed by atoms with Crippen LogP contribution in [0.4, 0.5) is 0 Å². The molecule has 0 aliphatic carbocycles. The van der Waals surface area contributed by atoms with Gasteiger partial charge in [0.25, 0.3) is 0 Å². The van der Waals surface area contributed by atoms with Crippen LogP contribution in [0.25, 0.3) is 0 Å². The second kappa shape index (κ2) is 4.55. The van der Waals surface area contributed by atoms with Gasteiger partial charge in [0.05, 0.1) is 6.04 Å². The van der Waals surface area contributed by atoms with Crippen LogP contribution in [0.3, 0.4) is 0 Å². The first-order valence-corrected chi connectivity index (χ1v) is 7.25. The normalized spacial score (nSPS) is 13.1. The summed E-state index contributed by atoms with van der Waals surface area (Å²) < 4.78 is 1.68. The average molecular weight is 323 g/mol. The topological polar surface area (TPSA) is 26.0 Å². The van der Waals surface area contributed by atoms with E-state index in [1.54, 1.807) is 11.3 Å². The molecule has 0 saturated heterocycles. The lowest BCUT2D eigenvalue weighted by molar-refractivity contribution is 0.889. The molecule has 5 heteroatoms. The van der Waals surface area contributed by atoms with Crippen LogP contribution in [0.15, 0.2) is 21.3 Å². The van der Waals surface area contributed by atoms with E-state index in [2.05, 4.69) is 33.6 Å². The zero-order chi connectivity index (χ0) is 11.0. The van der Waals surface area contributed by atoms with Gasteiger partial charge in [0.2, 0.25) is 0 Å². The van der Waals surface area contributed by atoms with E-state index in [4.69, 9.17) is 17.3 Å². The van der Waals surface area contributed by atoms with E-state index in [-0.39, 0.29) is 6.04 Å². The molecule has 0 saturated carbocycles. The molecular formula is C10H9BrClNS2. The molecule has 0 aromatic carbocycles. The van der Waals surface area contributed by atoms with E-state index in [1.165, 1.54) is 22.5 Å². The third-order valence-electron chi connectivity index (χ3n) is 2.20. The molecule has 2 aromatic heterocycles. The first kappa shape index (κ1) is 11.6. The van der Waals surface area contributed by atoms with E-state index >= 15 is 0 Å². The van der Waals surface area contributed by atoms with Gasteiger partial charge >= 0.3 is 0 Å². The lowest BCUT2D eigenvalue weighted by atomic mass is 10.1. The van der Waals surface area contributed by atoms with Crippen LogP contribution in [0.5, 0.6) is 0 Å². The molecular weight excluding hydrogens is 314 g/mol. The zero-order valence-corrected chi connectivity index (χ0v) is 11.9. The number of rotatable bonds is 2. The molecule has 0 fully saturated rings. The smallest absolute Gasteiger partial charge is 0.107 e. The first-order valence-electron chi connectivity index (χ1n) is 4.32. The molecule has 0 amide bonds. The number of thiophene rings is 2. The number of halogens is 2. The van der Waals surface area contributed by atoms with Crippen molar-refractivity contribution in [3.05, 3.63) is 41.6 Å². The lowest BCUT2D eigenvalue weighted by Crippen LogP contribution is -2.10. The molecule has 15 heavy (non-hydrogen) atoms. The molecule has 80 valence electrons. The van der Waals surface area contributed by atoms with Crippen LogP contribution < -0.4 is 5.73 Å². The Morgan fingerprint density at radius 3 is 2.67 bits per heavy atom. The summed E-state index contributed by atoms with van der Waals surface area (Å²) in [5.74, 6) is 0. The Labute approximate surface area is 110 Å². The third kappa shape index (κ3) is 2.29.